The quantitative estimate of drug-likeness (QED) is 0.444. The summed E-state index contributed by atoms with van der Waals surface area (Å²) >= 11 is 0. The first-order valence-electron chi connectivity index (χ1n) is 11.6. The number of aromatic nitrogens is 3. The van der Waals surface area contributed by atoms with Gasteiger partial charge in [-0.05, 0) is 48.6 Å². The molecule has 0 radical (unpaired) electrons. The van der Waals surface area contributed by atoms with Gasteiger partial charge in [-0.2, -0.15) is 0 Å². The molecule has 0 saturated heterocycles. The predicted octanol–water partition coefficient (Wildman–Crippen LogP) is 6.70. The van der Waals surface area contributed by atoms with Crippen molar-refractivity contribution < 1.29 is 0 Å². The second-order valence-electron chi connectivity index (χ2n) is 8.85. The molecule has 156 valence electrons. The van der Waals surface area contributed by atoms with Crippen LogP contribution in [0, 0.1) is 11.8 Å². The van der Waals surface area contributed by atoms with Crippen molar-refractivity contribution in [1.82, 2.24) is 15.2 Å². The molecule has 0 spiro atoms. The Balaban J connectivity index is 1.65. The van der Waals surface area contributed by atoms with Gasteiger partial charge in [0.2, 0.25) is 0 Å². The molecule has 0 N–H and O–H groups in total. The summed E-state index contributed by atoms with van der Waals surface area (Å²) in [6, 6.07) is 17.4. The fraction of sp³-hybridized carbons (Fsp3) is 0.444. The van der Waals surface area contributed by atoms with Crippen molar-refractivity contribution in [3.63, 3.8) is 0 Å². The van der Waals surface area contributed by atoms with Crippen molar-refractivity contribution in [2.45, 2.75) is 65.7 Å². The van der Waals surface area contributed by atoms with E-state index in [0.717, 1.165) is 59.4 Å². The third kappa shape index (κ3) is 4.77. The Hall–Kier alpha value is -2.55. The highest BCUT2D eigenvalue weighted by Gasteiger charge is 2.22. The van der Waals surface area contributed by atoms with Crippen molar-refractivity contribution >= 4 is 0 Å². The van der Waals surface area contributed by atoms with Crippen LogP contribution in [0.2, 0.25) is 0 Å². The predicted molar refractivity (Wildman–Crippen MR) is 124 cm³/mol. The molecule has 1 aliphatic carbocycles. The zero-order chi connectivity index (χ0) is 20.9. The molecule has 1 heterocycles. The summed E-state index contributed by atoms with van der Waals surface area (Å²) in [4.78, 5) is 5.02. The van der Waals surface area contributed by atoms with Crippen molar-refractivity contribution in [2.24, 2.45) is 11.8 Å². The van der Waals surface area contributed by atoms with Crippen molar-refractivity contribution in [3.05, 3.63) is 65.5 Å². The maximum Gasteiger partial charge on any atom is 0.151 e. The van der Waals surface area contributed by atoms with Gasteiger partial charge in [0, 0.05) is 17.5 Å². The van der Waals surface area contributed by atoms with E-state index in [4.69, 9.17) is 4.98 Å². The molecule has 30 heavy (non-hydrogen) atoms. The molecular formula is C27H33N3. The average molecular weight is 400 g/mol. The second kappa shape index (κ2) is 9.51. The highest BCUT2D eigenvalue weighted by Crippen LogP contribution is 2.34. The number of aryl methyl sites for hydroxylation is 3. The minimum absolute atomic E-state index is 0.817. The van der Waals surface area contributed by atoms with Crippen LogP contribution >= 0.6 is 0 Å². The summed E-state index contributed by atoms with van der Waals surface area (Å²) in [5.74, 6) is 2.56. The molecule has 2 unspecified atom stereocenters. The number of hydrogen-bond acceptors (Lipinski definition) is 3. The van der Waals surface area contributed by atoms with E-state index in [-0.39, 0.29) is 0 Å². The summed E-state index contributed by atoms with van der Waals surface area (Å²) in [6.45, 7) is 6.73. The monoisotopic (exact) mass is 399 g/mol. The van der Waals surface area contributed by atoms with Gasteiger partial charge in [0.15, 0.2) is 5.82 Å². The Morgan fingerprint density at radius 1 is 0.767 bits per heavy atom. The van der Waals surface area contributed by atoms with Gasteiger partial charge >= 0.3 is 0 Å². The third-order valence-corrected chi connectivity index (χ3v) is 6.58. The molecule has 2 aromatic carbocycles. The first-order valence-corrected chi connectivity index (χ1v) is 11.6. The Bertz CT molecular complexity index is 960. The Kier molecular flexibility index (Phi) is 6.56. The molecule has 3 nitrogen and oxygen atoms in total. The zero-order valence-corrected chi connectivity index (χ0v) is 18.6. The number of hydrogen-bond donors (Lipinski definition) is 0. The van der Waals surface area contributed by atoms with E-state index in [9.17, 15) is 0 Å². The number of benzene rings is 2. The first kappa shape index (κ1) is 20.7. The largest absolute Gasteiger partial charge is 0.229 e. The topological polar surface area (TPSA) is 38.7 Å². The maximum absolute atomic E-state index is 5.02. The van der Waals surface area contributed by atoms with Crippen LogP contribution in [-0.4, -0.2) is 15.2 Å². The van der Waals surface area contributed by atoms with Crippen molar-refractivity contribution in [1.29, 1.82) is 0 Å². The lowest BCUT2D eigenvalue weighted by Crippen LogP contribution is -2.06. The summed E-state index contributed by atoms with van der Waals surface area (Å²) in [7, 11) is 0. The van der Waals surface area contributed by atoms with Gasteiger partial charge in [-0.25, -0.2) is 4.98 Å². The van der Waals surface area contributed by atoms with E-state index in [1.54, 1.807) is 0 Å². The Morgan fingerprint density at radius 2 is 1.37 bits per heavy atom. The third-order valence-electron chi connectivity index (χ3n) is 6.58. The van der Waals surface area contributed by atoms with Crippen LogP contribution in [0.4, 0.5) is 0 Å². The van der Waals surface area contributed by atoms with Gasteiger partial charge in [-0.3, -0.25) is 0 Å². The normalized spacial score (nSPS) is 18.6. The van der Waals surface area contributed by atoms with Gasteiger partial charge < -0.3 is 0 Å². The zero-order valence-electron chi connectivity index (χ0n) is 18.6. The lowest BCUT2D eigenvalue weighted by Gasteiger charge is -2.12. The molecule has 1 saturated carbocycles. The lowest BCUT2D eigenvalue weighted by atomic mass is 9.99. The lowest BCUT2D eigenvalue weighted by molar-refractivity contribution is 0.473. The maximum atomic E-state index is 5.02. The molecular weight excluding hydrogens is 366 g/mol. The van der Waals surface area contributed by atoms with Gasteiger partial charge in [0.05, 0.1) is 0 Å². The summed E-state index contributed by atoms with van der Waals surface area (Å²) < 4.78 is 0. The van der Waals surface area contributed by atoms with Gasteiger partial charge in [-0.15, -0.1) is 10.2 Å². The SMILES string of the molecule is CCc1ccc(-c2nnc(CCC3CCC(C)C3)nc2-c2ccc(CC)cc2)cc1. The van der Waals surface area contributed by atoms with Crippen LogP contribution in [0.5, 0.6) is 0 Å². The van der Waals surface area contributed by atoms with E-state index in [1.807, 2.05) is 0 Å². The molecule has 4 rings (SSSR count). The van der Waals surface area contributed by atoms with E-state index in [1.165, 1.54) is 36.8 Å². The van der Waals surface area contributed by atoms with Gasteiger partial charge in [-0.1, -0.05) is 82.1 Å². The molecule has 3 heteroatoms. The Morgan fingerprint density at radius 3 is 1.90 bits per heavy atom. The molecule has 1 aliphatic rings. The molecule has 0 amide bonds. The molecule has 3 aromatic rings. The van der Waals surface area contributed by atoms with E-state index in [2.05, 4.69) is 79.5 Å². The van der Waals surface area contributed by atoms with E-state index in [0.29, 0.717) is 0 Å². The van der Waals surface area contributed by atoms with Crippen LogP contribution in [0.1, 0.15) is 63.4 Å². The summed E-state index contributed by atoms with van der Waals surface area (Å²) in [6.07, 6.45) is 8.23. The van der Waals surface area contributed by atoms with Crippen LogP contribution in [0.15, 0.2) is 48.5 Å². The Labute approximate surface area is 181 Å². The minimum Gasteiger partial charge on any atom is -0.229 e. The molecule has 1 aromatic heterocycles. The number of nitrogens with zero attached hydrogens (tertiary/aromatic N) is 3. The summed E-state index contributed by atoms with van der Waals surface area (Å²) in [5, 5.41) is 9.21. The molecule has 1 fully saturated rings. The smallest absolute Gasteiger partial charge is 0.151 e. The minimum atomic E-state index is 0.817. The van der Waals surface area contributed by atoms with Crippen molar-refractivity contribution in [2.75, 3.05) is 0 Å². The molecule has 2 atom stereocenters. The van der Waals surface area contributed by atoms with Gasteiger partial charge in [0.1, 0.15) is 11.4 Å². The fourth-order valence-corrected chi connectivity index (χ4v) is 4.58. The second-order valence-corrected chi connectivity index (χ2v) is 8.85. The van der Waals surface area contributed by atoms with Crippen LogP contribution in [-0.2, 0) is 19.3 Å². The van der Waals surface area contributed by atoms with Gasteiger partial charge in [0.25, 0.3) is 0 Å². The van der Waals surface area contributed by atoms with Crippen molar-refractivity contribution in [3.8, 4) is 22.5 Å². The van der Waals surface area contributed by atoms with Crippen LogP contribution in [0.3, 0.4) is 0 Å². The van der Waals surface area contributed by atoms with E-state index < -0.39 is 0 Å². The fourth-order valence-electron chi connectivity index (χ4n) is 4.58. The number of rotatable bonds is 7. The molecule has 0 aliphatic heterocycles. The first-order chi connectivity index (χ1) is 14.7. The molecule has 0 bridgehead atoms. The van der Waals surface area contributed by atoms with E-state index >= 15 is 0 Å². The average Bonchev–Trinajstić information content (AvgIpc) is 3.23. The summed E-state index contributed by atoms with van der Waals surface area (Å²) in [5.41, 5.74) is 6.69. The highest BCUT2D eigenvalue weighted by molar-refractivity contribution is 5.77. The standard InChI is InChI=1S/C27H33N3/c1-4-20-8-13-23(14-9-20)26-27(24-15-10-21(5-2)11-16-24)30-29-25(28-26)17-12-22-7-6-19(3)18-22/h8-11,13-16,19,22H,4-7,12,17-18H2,1-3H3. The van der Waals surface area contributed by atoms with Crippen LogP contribution < -0.4 is 0 Å². The highest BCUT2D eigenvalue weighted by atomic mass is 15.2. The van der Waals surface area contributed by atoms with Crippen LogP contribution in [0.25, 0.3) is 22.5 Å².